The van der Waals surface area contributed by atoms with Gasteiger partial charge < -0.3 is 13.8 Å². The van der Waals surface area contributed by atoms with E-state index in [4.69, 9.17) is 13.8 Å². The van der Waals surface area contributed by atoms with Crippen LogP contribution in [-0.2, 0) is 14.1 Å². The van der Waals surface area contributed by atoms with Crippen LogP contribution in [0.3, 0.4) is 0 Å². The van der Waals surface area contributed by atoms with Gasteiger partial charge in [0.25, 0.3) is 0 Å². The van der Waals surface area contributed by atoms with Gasteiger partial charge in [-0.3, -0.25) is 4.79 Å². The Hall–Kier alpha value is -2.26. The molecule has 22 heavy (non-hydrogen) atoms. The first-order chi connectivity index (χ1) is 10.7. The maximum Gasteiger partial charge on any atom is 0.445 e. The molecule has 1 atom stereocenters. The summed E-state index contributed by atoms with van der Waals surface area (Å²) < 4.78 is 29.3. The smallest absolute Gasteiger partial charge is 0.445 e. The zero-order valence-electron chi connectivity index (χ0n) is 11.8. The van der Waals surface area contributed by atoms with Gasteiger partial charge in [-0.1, -0.05) is 36.4 Å². The predicted molar refractivity (Wildman–Crippen MR) is 81.1 cm³/mol. The second-order valence-corrected chi connectivity index (χ2v) is 6.89. The third kappa shape index (κ3) is 3.15. The number of carbonyl (C=O) groups is 1. The van der Waals surface area contributed by atoms with Crippen molar-refractivity contribution in [3.8, 4) is 11.5 Å². The van der Waals surface area contributed by atoms with E-state index in [0.29, 0.717) is 17.9 Å². The number of hydrogen-bond donors (Lipinski definition) is 0. The molecule has 0 aliphatic carbocycles. The molecule has 1 fully saturated rings. The third-order valence-electron chi connectivity index (χ3n) is 3.24. The second-order valence-electron chi connectivity index (χ2n) is 4.82. The van der Waals surface area contributed by atoms with Gasteiger partial charge in [0.2, 0.25) is 0 Å². The van der Waals surface area contributed by atoms with Gasteiger partial charge >= 0.3 is 13.6 Å². The van der Waals surface area contributed by atoms with E-state index >= 15 is 0 Å². The molecule has 0 radical (unpaired) electrons. The van der Waals surface area contributed by atoms with Gasteiger partial charge in [0.05, 0.1) is 6.61 Å². The molecule has 6 heteroatoms. The van der Waals surface area contributed by atoms with Crippen LogP contribution in [0.1, 0.15) is 6.42 Å². The highest BCUT2D eigenvalue weighted by Crippen LogP contribution is 2.55. The van der Waals surface area contributed by atoms with E-state index in [1.807, 2.05) is 12.1 Å². The molecule has 1 aliphatic heterocycles. The Morgan fingerprint density at radius 2 is 1.41 bits per heavy atom. The van der Waals surface area contributed by atoms with Crippen LogP contribution in [-0.4, -0.2) is 18.2 Å². The van der Waals surface area contributed by atoms with Crippen LogP contribution in [0.4, 0.5) is 0 Å². The third-order valence-corrected chi connectivity index (χ3v) is 5.40. The molecule has 1 saturated heterocycles. The van der Waals surface area contributed by atoms with Crippen molar-refractivity contribution in [3.05, 3.63) is 60.7 Å². The van der Waals surface area contributed by atoms with Gasteiger partial charge in [-0.05, 0) is 24.3 Å². The monoisotopic (exact) mass is 318 g/mol. The molecule has 3 rings (SSSR count). The fraction of sp³-hybridized carbons (Fsp3) is 0.188. The lowest BCUT2D eigenvalue weighted by molar-refractivity contribution is -0.137. The van der Waals surface area contributed by atoms with Crippen LogP contribution in [0.15, 0.2) is 60.7 Å². The molecule has 1 aliphatic rings. The molecule has 0 saturated carbocycles. The molecule has 0 amide bonds. The highest BCUT2D eigenvalue weighted by atomic mass is 31.2. The van der Waals surface area contributed by atoms with Crippen LogP contribution in [0.2, 0.25) is 0 Å². The standard InChI is InChI=1S/C16H15O5P/c17-16-15(11-12-19-16)22(18,20-13-7-3-1-4-8-13)21-14-9-5-2-6-10-14/h1-10,15H,11-12H2. The van der Waals surface area contributed by atoms with E-state index < -0.39 is 19.2 Å². The van der Waals surface area contributed by atoms with Gasteiger partial charge in [0, 0.05) is 6.42 Å². The SMILES string of the molecule is O=C1OCCC1P(=O)(Oc1ccccc1)Oc1ccccc1. The first-order valence-electron chi connectivity index (χ1n) is 6.93. The van der Waals surface area contributed by atoms with Gasteiger partial charge in [-0.25, -0.2) is 4.57 Å². The molecule has 1 heterocycles. The minimum Gasteiger partial charge on any atom is -0.465 e. The van der Waals surface area contributed by atoms with E-state index in [0.717, 1.165) is 0 Å². The highest BCUT2D eigenvalue weighted by molar-refractivity contribution is 7.56. The molecule has 0 aromatic heterocycles. The normalized spacial score (nSPS) is 17.8. The zero-order valence-corrected chi connectivity index (χ0v) is 12.6. The molecule has 5 nitrogen and oxygen atoms in total. The lowest BCUT2D eigenvalue weighted by Crippen LogP contribution is -2.21. The number of esters is 1. The Labute approximate surface area is 128 Å². The molecular formula is C16H15O5P. The predicted octanol–water partition coefficient (Wildman–Crippen LogP) is 3.65. The van der Waals surface area contributed by atoms with E-state index in [1.165, 1.54) is 0 Å². The maximum atomic E-state index is 13.2. The van der Waals surface area contributed by atoms with E-state index in [1.54, 1.807) is 48.5 Å². The summed E-state index contributed by atoms with van der Waals surface area (Å²) in [5.41, 5.74) is -0.909. The molecule has 114 valence electrons. The highest BCUT2D eigenvalue weighted by Gasteiger charge is 2.48. The van der Waals surface area contributed by atoms with Gasteiger partial charge in [-0.2, -0.15) is 0 Å². The number of ether oxygens (including phenoxy) is 1. The summed E-state index contributed by atoms with van der Waals surface area (Å²) in [5, 5.41) is 0. The van der Waals surface area contributed by atoms with Crippen LogP contribution in [0.5, 0.6) is 11.5 Å². The summed E-state index contributed by atoms with van der Waals surface area (Å²) in [7, 11) is -3.74. The van der Waals surface area contributed by atoms with Gasteiger partial charge in [0.1, 0.15) is 11.5 Å². The number of cyclic esters (lactones) is 1. The Morgan fingerprint density at radius 3 is 1.82 bits per heavy atom. The molecule has 2 aromatic carbocycles. The number of rotatable bonds is 5. The van der Waals surface area contributed by atoms with Crippen molar-refractivity contribution in [2.75, 3.05) is 6.61 Å². The lowest BCUT2D eigenvalue weighted by Gasteiger charge is -2.22. The van der Waals surface area contributed by atoms with E-state index in [9.17, 15) is 9.36 Å². The first-order valence-corrected chi connectivity index (χ1v) is 8.54. The van der Waals surface area contributed by atoms with Gasteiger partial charge in [-0.15, -0.1) is 0 Å². The average Bonchev–Trinajstić information content (AvgIpc) is 2.96. The molecular weight excluding hydrogens is 303 g/mol. The Balaban J connectivity index is 1.91. The lowest BCUT2D eigenvalue weighted by atomic mass is 10.3. The Kier molecular flexibility index (Phi) is 4.16. The summed E-state index contributed by atoms with van der Waals surface area (Å²) >= 11 is 0. The fourth-order valence-corrected chi connectivity index (χ4v) is 4.05. The van der Waals surface area contributed by atoms with Crippen molar-refractivity contribution >= 4 is 13.6 Å². The van der Waals surface area contributed by atoms with Crippen LogP contribution >= 0.6 is 7.60 Å². The summed E-state index contributed by atoms with van der Waals surface area (Å²) in [6, 6.07) is 17.3. The number of benzene rings is 2. The summed E-state index contributed by atoms with van der Waals surface area (Å²) in [5.74, 6) is 0.234. The fourth-order valence-electron chi connectivity index (χ4n) is 2.17. The number of para-hydroxylation sites is 2. The summed E-state index contributed by atoms with van der Waals surface area (Å²) in [4.78, 5) is 11.8. The van der Waals surface area contributed by atoms with Crippen molar-refractivity contribution in [1.82, 2.24) is 0 Å². The molecule has 0 bridgehead atoms. The van der Waals surface area contributed by atoms with Crippen molar-refractivity contribution in [2.45, 2.75) is 12.1 Å². The average molecular weight is 318 g/mol. The Bertz CT molecular complexity index is 641. The van der Waals surface area contributed by atoms with Crippen molar-refractivity contribution in [1.29, 1.82) is 0 Å². The second kappa shape index (κ2) is 6.24. The van der Waals surface area contributed by atoms with Crippen LogP contribution in [0.25, 0.3) is 0 Å². The summed E-state index contributed by atoms with van der Waals surface area (Å²) in [6.07, 6.45) is 0.315. The maximum absolute atomic E-state index is 13.2. The number of hydrogen-bond acceptors (Lipinski definition) is 5. The Morgan fingerprint density at radius 1 is 0.909 bits per heavy atom. The van der Waals surface area contributed by atoms with Crippen LogP contribution in [0, 0.1) is 0 Å². The number of carbonyl (C=O) groups excluding carboxylic acids is 1. The van der Waals surface area contributed by atoms with Crippen molar-refractivity contribution in [2.24, 2.45) is 0 Å². The summed E-state index contributed by atoms with van der Waals surface area (Å²) in [6.45, 7) is 0.226. The van der Waals surface area contributed by atoms with E-state index in [2.05, 4.69) is 0 Å². The zero-order chi connectivity index (χ0) is 15.4. The molecule has 2 aromatic rings. The van der Waals surface area contributed by atoms with Crippen molar-refractivity contribution < 1.29 is 23.1 Å². The molecule has 0 N–H and O–H groups in total. The van der Waals surface area contributed by atoms with E-state index in [-0.39, 0.29) is 6.61 Å². The van der Waals surface area contributed by atoms with Gasteiger partial charge in [0.15, 0.2) is 5.66 Å². The minimum absolute atomic E-state index is 0.226. The van der Waals surface area contributed by atoms with Crippen LogP contribution < -0.4 is 9.05 Å². The minimum atomic E-state index is -3.74. The quantitative estimate of drug-likeness (QED) is 0.622. The topological polar surface area (TPSA) is 61.8 Å². The first kappa shape index (κ1) is 14.7. The largest absolute Gasteiger partial charge is 0.465 e. The molecule has 0 spiro atoms. The van der Waals surface area contributed by atoms with Crippen molar-refractivity contribution in [3.63, 3.8) is 0 Å². The molecule has 1 unspecified atom stereocenters.